The number of hydrogen-bond donors (Lipinski definition) is 0. The molecular weight excluding hydrogens is 291 g/mol. The molecule has 0 bridgehead atoms. The van der Waals surface area contributed by atoms with E-state index in [0.29, 0.717) is 0 Å². The van der Waals surface area contributed by atoms with Crippen LogP contribution in [0.2, 0.25) is 0 Å². The molecular formula is C14H18BBrO2. The molecule has 1 aromatic rings. The molecule has 0 unspecified atom stereocenters. The smallest absolute Gasteiger partial charge is 0.399 e. The van der Waals surface area contributed by atoms with E-state index in [4.69, 9.17) is 9.31 Å². The second kappa shape index (κ2) is 4.51. The van der Waals surface area contributed by atoms with Gasteiger partial charge < -0.3 is 9.31 Å². The number of rotatable bonds is 2. The molecule has 0 atom stereocenters. The highest BCUT2D eigenvalue weighted by Crippen LogP contribution is 2.36. The Hall–Kier alpha value is -0.575. The lowest BCUT2D eigenvalue weighted by Crippen LogP contribution is -2.41. The maximum absolute atomic E-state index is 5.99. The number of halogens is 1. The van der Waals surface area contributed by atoms with Gasteiger partial charge in [-0.05, 0) is 38.7 Å². The number of hydrogen-bond acceptors (Lipinski definition) is 2. The Balaban J connectivity index is 2.22. The largest absolute Gasteiger partial charge is 0.494 e. The summed E-state index contributed by atoms with van der Waals surface area (Å²) in [6, 6.07) is 8.06. The average molecular weight is 309 g/mol. The van der Waals surface area contributed by atoms with Gasteiger partial charge in [0, 0.05) is 4.48 Å². The Kier molecular flexibility index (Phi) is 3.47. The molecule has 1 aliphatic heterocycles. The molecule has 0 aromatic heterocycles. The van der Waals surface area contributed by atoms with Crippen molar-refractivity contribution < 1.29 is 9.31 Å². The van der Waals surface area contributed by atoms with E-state index in [1.54, 1.807) is 0 Å². The predicted molar refractivity (Wildman–Crippen MR) is 80.1 cm³/mol. The van der Waals surface area contributed by atoms with Crippen LogP contribution < -0.4 is 5.46 Å². The zero-order chi connectivity index (χ0) is 13.6. The van der Waals surface area contributed by atoms with Gasteiger partial charge in [0.15, 0.2) is 0 Å². The lowest BCUT2D eigenvalue weighted by molar-refractivity contribution is 0.00578. The Morgan fingerprint density at radius 1 is 1.06 bits per heavy atom. The summed E-state index contributed by atoms with van der Waals surface area (Å²) in [5, 5.41) is 0. The normalized spacial score (nSPS) is 21.1. The van der Waals surface area contributed by atoms with Gasteiger partial charge in [0.2, 0.25) is 0 Å². The molecule has 1 aliphatic rings. The summed E-state index contributed by atoms with van der Waals surface area (Å²) in [5.74, 6) is 0. The maximum atomic E-state index is 5.99. The first-order valence-corrected chi connectivity index (χ1v) is 6.83. The fourth-order valence-electron chi connectivity index (χ4n) is 1.80. The van der Waals surface area contributed by atoms with Crippen molar-refractivity contribution in [1.82, 2.24) is 0 Å². The molecule has 2 nitrogen and oxygen atoms in total. The minimum absolute atomic E-state index is 0.296. The SMILES string of the molecule is C=C(Br)c1ccc(B2OC(C)(C)C(C)(C)O2)cc1. The predicted octanol–water partition coefficient (Wildman–Crippen LogP) is 3.35. The summed E-state index contributed by atoms with van der Waals surface area (Å²) in [6.07, 6.45) is 0. The van der Waals surface area contributed by atoms with Crippen LogP contribution in [0.5, 0.6) is 0 Å². The van der Waals surface area contributed by atoms with Crippen molar-refractivity contribution in [2.24, 2.45) is 0 Å². The van der Waals surface area contributed by atoms with Crippen LogP contribution in [0.15, 0.2) is 30.8 Å². The van der Waals surface area contributed by atoms with Gasteiger partial charge >= 0.3 is 7.12 Å². The van der Waals surface area contributed by atoms with Crippen molar-refractivity contribution in [3.8, 4) is 0 Å². The molecule has 0 N–H and O–H groups in total. The fraction of sp³-hybridized carbons (Fsp3) is 0.429. The molecule has 18 heavy (non-hydrogen) atoms. The molecule has 0 amide bonds. The van der Waals surface area contributed by atoms with Crippen LogP contribution in [0, 0.1) is 0 Å². The first kappa shape index (κ1) is 13.8. The minimum atomic E-state index is -0.298. The summed E-state index contributed by atoms with van der Waals surface area (Å²) < 4.78 is 12.9. The van der Waals surface area contributed by atoms with Crippen LogP contribution in [0.4, 0.5) is 0 Å². The van der Waals surface area contributed by atoms with Gasteiger partial charge in [-0.1, -0.05) is 46.8 Å². The third-order valence-corrected chi connectivity index (χ3v) is 4.21. The van der Waals surface area contributed by atoms with Gasteiger partial charge in [-0.15, -0.1) is 0 Å². The van der Waals surface area contributed by atoms with Gasteiger partial charge in [0.05, 0.1) is 11.2 Å². The second-order valence-corrected chi connectivity index (χ2v) is 6.57. The van der Waals surface area contributed by atoms with E-state index in [0.717, 1.165) is 15.5 Å². The molecule has 1 saturated heterocycles. The zero-order valence-electron chi connectivity index (χ0n) is 11.3. The van der Waals surface area contributed by atoms with Crippen molar-refractivity contribution >= 4 is 33.0 Å². The highest BCUT2D eigenvalue weighted by molar-refractivity contribution is 9.15. The van der Waals surface area contributed by atoms with E-state index in [9.17, 15) is 0 Å². The monoisotopic (exact) mass is 308 g/mol. The Morgan fingerprint density at radius 3 is 1.89 bits per heavy atom. The van der Waals surface area contributed by atoms with Crippen molar-refractivity contribution in [2.45, 2.75) is 38.9 Å². The third-order valence-electron chi connectivity index (χ3n) is 3.75. The molecule has 0 aliphatic carbocycles. The first-order chi connectivity index (χ1) is 8.23. The lowest BCUT2D eigenvalue weighted by atomic mass is 9.79. The Bertz CT molecular complexity index is 449. The van der Waals surface area contributed by atoms with Gasteiger partial charge in [0.25, 0.3) is 0 Å². The van der Waals surface area contributed by atoms with Crippen LogP contribution in [0.3, 0.4) is 0 Å². The van der Waals surface area contributed by atoms with Crippen LogP contribution in [-0.4, -0.2) is 18.3 Å². The first-order valence-electron chi connectivity index (χ1n) is 6.03. The van der Waals surface area contributed by atoms with E-state index >= 15 is 0 Å². The standard InChI is InChI=1S/C14H18BBrO2/c1-10(16)11-6-8-12(9-7-11)15-17-13(2,3)14(4,5)18-15/h6-9H,1H2,2-5H3. The molecule has 1 fully saturated rings. The molecule has 2 rings (SSSR count). The molecule has 1 heterocycles. The number of benzene rings is 1. The lowest BCUT2D eigenvalue weighted by Gasteiger charge is -2.32. The van der Waals surface area contributed by atoms with E-state index in [-0.39, 0.29) is 18.3 Å². The molecule has 0 saturated carbocycles. The summed E-state index contributed by atoms with van der Waals surface area (Å²) in [4.78, 5) is 0. The third kappa shape index (κ3) is 2.42. The summed E-state index contributed by atoms with van der Waals surface area (Å²) in [6.45, 7) is 12.1. The van der Waals surface area contributed by atoms with Crippen molar-refractivity contribution in [1.29, 1.82) is 0 Å². The highest BCUT2D eigenvalue weighted by Gasteiger charge is 2.51. The van der Waals surface area contributed by atoms with Gasteiger partial charge in [-0.2, -0.15) is 0 Å². The maximum Gasteiger partial charge on any atom is 0.494 e. The topological polar surface area (TPSA) is 18.5 Å². The Morgan fingerprint density at radius 2 is 1.50 bits per heavy atom. The average Bonchev–Trinajstić information content (AvgIpc) is 2.48. The minimum Gasteiger partial charge on any atom is -0.399 e. The molecule has 4 heteroatoms. The fourth-order valence-corrected chi connectivity index (χ4v) is 2.06. The van der Waals surface area contributed by atoms with Gasteiger partial charge in [-0.25, -0.2) is 0 Å². The molecule has 0 spiro atoms. The summed E-state index contributed by atoms with van der Waals surface area (Å²) in [7, 11) is -0.298. The van der Waals surface area contributed by atoms with Crippen LogP contribution in [-0.2, 0) is 9.31 Å². The Labute approximate surface area is 118 Å². The van der Waals surface area contributed by atoms with Gasteiger partial charge in [0.1, 0.15) is 0 Å². The second-order valence-electron chi connectivity index (χ2n) is 5.62. The van der Waals surface area contributed by atoms with Crippen LogP contribution in [0.25, 0.3) is 4.48 Å². The van der Waals surface area contributed by atoms with E-state index in [1.165, 1.54) is 0 Å². The van der Waals surface area contributed by atoms with E-state index in [2.05, 4.69) is 50.2 Å². The van der Waals surface area contributed by atoms with Crippen molar-refractivity contribution in [2.75, 3.05) is 0 Å². The quantitative estimate of drug-likeness (QED) is 0.780. The van der Waals surface area contributed by atoms with Crippen molar-refractivity contribution in [3.05, 3.63) is 36.4 Å². The summed E-state index contributed by atoms with van der Waals surface area (Å²) in [5.41, 5.74) is 1.51. The molecule has 96 valence electrons. The van der Waals surface area contributed by atoms with Crippen LogP contribution >= 0.6 is 15.9 Å². The zero-order valence-corrected chi connectivity index (χ0v) is 12.9. The van der Waals surface area contributed by atoms with Gasteiger partial charge in [-0.3, -0.25) is 0 Å². The molecule has 0 radical (unpaired) electrons. The van der Waals surface area contributed by atoms with E-state index < -0.39 is 0 Å². The van der Waals surface area contributed by atoms with E-state index in [1.807, 2.05) is 24.3 Å². The molecule has 1 aromatic carbocycles. The van der Waals surface area contributed by atoms with Crippen LogP contribution in [0.1, 0.15) is 33.3 Å². The summed E-state index contributed by atoms with van der Waals surface area (Å²) >= 11 is 3.37. The van der Waals surface area contributed by atoms with Crippen molar-refractivity contribution in [3.63, 3.8) is 0 Å². The highest BCUT2D eigenvalue weighted by atomic mass is 79.9.